The lowest BCUT2D eigenvalue weighted by Crippen LogP contribution is -2.20. The molecule has 2 N–H and O–H groups in total. The predicted octanol–water partition coefficient (Wildman–Crippen LogP) is 6.26. The molecular formula is C25H24F2N3O3PS. The zero-order chi connectivity index (χ0) is 25.0. The molecule has 0 aliphatic heterocycles. The first-order valence-electron chi connectivity index (χ1n) is 11.0. The number of halogens is 2. The largest absolute Gasteiger partial charge is 0.481 e. The molecule has 0 radical (unpaired) electrons. The van der Waals surface area contributed by atoms with Gasteiger partial charge in [-0.05, 0) is 30.2 Å². The van der Waals surface area contributed by atoms with Crippen molar-refractivity contribution in [3.63, 3.8) is 0 Å². The Morgan fingerprint density at radius 2 is 1.89 bits per heavy atom. The van der Waals surface area contributed by atoms with Crippen LogP contribution in [0.2, 0.25) is 0 Å². The van der Waals surface area contributed by atoms with Gasteiger partial charge < -0.3 is 14.9 Å². The Hall–Kier alpha value is -3.00. The molecule has 2 unspecified atom stereocenters. The molecule has 10 heteroatoms. The van der Waals surface area contributed by atoms with Crippen LogP contribution in [0.3, 0.4) is 0 Å². The van der Waals surface area contributed by atoms with E-state index in [4.69, 9.17) is 9.63 Å². The summed E-state index contributed by atoms with van der Waals surface area (Å²) in [7, 11) is 1.60. The molecule has 2 heterocycles. The molecule has 0 saturated heterocycles. The van der Waals surface area contributed by atoms with Crippen LogP contribution in [0.25, 0.3) is 33.3 Å². The van der Waals surface area contributed by atoms with Crippen molar-refractivity contribution in [1.82, 2.24) is 15.5 Å². The summed E-state index contributed by atoms with van der Waals surface area (Å²) in [6, 6.07) is 18.2. The molecule has 182 valence electrons. The van der Waals surface area contributed by atoms with Gasteiger partial charge in [-0.3, -0.25) is 4.79 Å². The van der Waals surface area contributed by atoms with Crippen LogP contribution in [0, 0.1) is 5.92 Å². The summed E-state index contributed by atoms with van der Waals surface area (Å²) in [5.41, 5.74) is -0.210. The number of carboxylic acid groups (broad SMARTS) is 1. The van der Waals surface area contributed by atoms with E-state index in [1.54, 1.807) is 46.5 Å². The van der Waals surface area contributed by atoms with E-state index in [9.17, 15) is 13.6 Å². The Labute approximate surface area is 207 Å². The van der Waals surface area contributed by atoms with Gasteiger partial charge in [0, 0.05) is 17.7 Å². The fourth-order valence-electron chi connectivity index (χ4n) is 3.46. The molecule has 0 saturated carbocycles. The second kappa shape index (κ2) is 10.7. The highest BCUT2D eigenvalue weighted by Crippen LogP contribution is 2.47. The summed E-state index contributed by atoms with van der Waals surface area (Å²) >= 11 is 0.928. The molecule has 2 atom stereocenters. The highest BCUT2D eigenvalue weighted by atomic mass is 32.1. The number of aliphatic carboxylic acids is 1. The lowest BCUT2D eigenvalue weighted by atomic mass is 10.1. The smallest absolute Gasteiger partial charge is 0.306 e. The van der Waals surface area contributed by atoms with E-state index in [0.29, 0.717) is 41.3 Å². The van der Waals surface area contributed by atoms with Crippen molar-refractivity contribution in [2.45, 2.75) is 25.6 Å². The van der Waals surface area contributed by atoms with Gasteiger partial charge in [-0.15, -0.1) is 11.3 Å². The van der Waals surface area contributed by atoms with Gasteiger partial charge in [-0.2, -0.15) is 13.8 Å². The Balaban J connectivity index is 1.48. The first-order chi connectivity index (χ1) is 16.7. The Morgan fingerprint density at radius 1 is 1.17 bits per heavy atom. The first-order valence-corrected chi connectivity index (χ1v) is 12.3. The third kappa shape index (κ3) is 6.17. The molecule has 0 aliphatic carbocycles. The number of aromatic nitrogens is 2. The van der Waals surface area contributed by atoms with Crippen LogP contribution in [0.4, 0.5) is 8.78 Å². The van der Waals surface area contributed by atoms with E-state index in [1.165, 1.54) is 0 Å². The van der Waals surface area contributed by atoms with Crippen LogP contribution in [0.5, 0.6) is 0 Å². The molecule has 2 aromatic carbocycles. The van der Waals surface area contributed by atoms with Crippen LogP contribution in [0.1, 0.15) is 23.8 Å². The molecule has 0 aliphatic rings. The molecule has 35 heavy (non-hydrogen) atoms. The third-order valence-corrected chi connectivity index (χ3v) is 7.18. The number of alkyl halides is 2. The fourth-order valence-corrected chi connectivity index (χ4v) is 4.79. The van der Waals surface area contributed by atoms with Crippen molar-refractivity contribution < 1.29 is 23.2 Å². The van der Waals surface area contributed by atoms with Crippen LogP contribution in [-0.2, 0) is 17.0 Å². The van der Waals surface area contributed by atoms with Crippen LogP contribution < -0.4 is 5.32 Å². The molecular weight excluding hydrogens is 491 g/mol. The van der Waals surface area contributed by atoms with Gasteiger partial charge in [0.1, 0.15) is 0 Å². The number of hydrogen-bond acceptors (Lipinski definition) is 6. The number of nitrogens with zero attached hydrogens (tertiary/aromatic N) is 2. The molecule has 0 spiro atoms. The molecule has 4 aromatic rings. The van der Waals surface area contributed by atoms with Crippen molar-refractivity contribution in [2.75, 3.05) is 6.54 Å². The SMILES string of the molecule is CC(CCNCc1ccc(-c2noc(-c3cc(-c4ccccc4)c(C(F)(F)P)s3)n2)cc1)C(=O)O. The Kier molecular flexibility index (Phi) is 7.69. The molecule has 0 amide bonds. The minimum Gasteiger partial charge on any atom is -0.481 e. The van der Waals surface area contributed by atoms with E-state index < -0.39 is 11.6 Å². The summed E-state index contributed by atoms with van der Waals surface area (Å²) in [6.07, 6.45) is 0.554. The molecule has 4 rings (SSSR count). The third-order valence-electron chi connectivity index (χ3n) is 5.47. The summed E-state index contributed by atoms with van der Waals surface area (Å²) in [5, 5.41) is 16.2. The monoisotopic (exact) mass is 515 g/mol. The van der Waals surface area contributed by atoms with Gasteiger partial charge in [0.2, 0.25) is 5.82 Å². The van der Waals surface area contributed by atoms with E-state index in [2.05, 4.69) is 15.5 Å². The average Bonchev–Trinajstić information content (AvgIpc) is 3.50. The van der Waals surface area contributed by atoms with Crippen molar-refractivity contribution in [2.24, 2.45) is 5.92 Å². The van der Waals surface area contributed by atoms with Crippen LogP contribution in [-0.4, -0.2) is 27.8 Å². The van der Waals surface area contributed by atoms with Gasteiger partial charge in [-0.1, -0.05) is 75.9 Å². The quantitative estimate of drug-likeness (QED) is 0.192. The summed E-state index contributed by atoms with van der Waals surface area (Å²) in [6.45, 7) is 2.89. The van der Waals surface area contributed by atoms with Crippen molar-refractivity contribution in [3.05, 3.63) is 71.1 Å². The fraction of sp³-hybridized carbons (Fsp3) is 0.240. The van der Waals surface area contributed by atoms with E-state index in [0.717, 1.165) is 22.5 Å². The maximum Gasteiger partial charge on any atom is 0.306 e. The van der Waals surface area contributed by atoms with E-state index in [-0.39, 0.29) is 16.7 Å². The Bertz CT molecular complexity index is 1290. The number of hydrogen-bond donors (Lipinski definition) is 2. The molecule has 6 nitrogen and oxygen atoms in total. The van der Waals surface area contributed by atoms with Crippen LogP contribution >= 0.6 is 20.6 Å². The molecule has 2 aromatic heterocycles. The number of benzene rings is 2. The van der Waals surface area contributed by atoms with Gasteiger partial charge in [-0.25, -0.2) is 0 Å². The number of carboxylic acids is 1. The topological polar surface area (TPSA) is 88.3 Å². The van der Waals surface area contributed by atoms with Crippen molar-refractivity contribution in [3.8, 4) is 33.3 Å². The summed E-state index contributed by atoms with van der Waals surface area (Å²) in [4.78, 5) is 15.7. The second-order valence-electron chi connectivity index (χ2n) is 8.17. The number of nitrogens with one attached hydrogen (secondary N) is 1. The van der Waals surface area contributed by atoms with Gasteiger partial charge in [0.25, 0.3) is 11.6 Å². The maximum atomic E-state index is 14.3. The van der Waals surface area contributed by atoms with Crippen molar-refractivity contribution in [1.29, 1.82) is 0 Å². The molecule has 0 fully saturated rings. The Morgan fingerprint density at radius 3 is 2.54 bits per heavy atom. The van der Waals surface area contributed by atoms with E-state index in [1.807, 2.05) is 30.3 Å². The average molecular weight is 516 g/mol. The normalized spacial score (nSPS) is 12.6. The first kappa shape index (κ1) is 25.1. The minimum atomic E-state index is -3.09. The molecule has 0 bridgehead atoms. The van der Waals surface area contributed by atoms with Crippen LogP contribution in [0.15, 0.2) is 65.2 Å². The zero-order valence-electron chi connectivity index (χ0n) is 18.9. The highest BCUT2D eigenvalue weighted by Gasteiger charge is 2.32. The minimum absolute atomic E-state index is 0.0851. The van der Waals surface area contributed by atoms with E-state index >= 15 is 0 Å². The number of thiophene rings is 1. The number of carbonyl (C=O) groups is 1. The van der Waals surface area contributed by atoms with Gasteiger partial charge in [0.15, 0.2) is 0 Å². The second-order valence-corrected chi connectivity index (χ2v) is 9.94. The zero-order valence-corrected chi connectivity index (χ0v) is 20.8. The lowest BCUT2D eigenvalue weighted by Gasteiger charge is -2.10. The number of rotatable bonds is 10. The summed E-state index contributed by atoms with van der Waals surface area (Å²) < 4.78 is 34.0. The lowest BCUT2D eigenvalue weighted by molar-refractivity contribution is -0.141. The highest BCUT2D eigenvalue weighted by molar-refractivity contribution is 7.22. The predicted molar refractivity (Wildman–Crippen MR) is 135 cm³/mol. The van der Waals surface area contributed by atoms with Crippen molar-refractivity contribution >= 4 is 26.5 Å². The standard InChI is InChI=1S/C25H24F2N3O3PS/c1-15(24(31)32)11-12-28-14-16-7-9-18(10-8-16)22-29-23(33-30-22)20-13-19(17-5-3-2-4-6-17)21(35-20)25(26,27)34/h2-10,13,15,28H,11-12,14,34H2,1H3,(H,31,32). The van der Waals surface area contributed by atoms with Gasteiger partial charge in [0.05, 0.1) is 15.7 Å². The maximum absolute atomic E-state index is 14.3. The van der Waals surface area contributed by atoms with Gasteiger partial charge >= 0.3 is 5.97 Å². The summed E-state index contributed by atoms with van der Waals surface area (Å²) in [5.74, 6) is -0.639.